The van der Waals surface area contributed by atoms with Crippen molar-refractivity contribution in [3.63, 3.8) is 0 Å². The van der Waals surface area contributed by atoms with Crippen molar-refractivity contribution in [3.05, 3.63) is 41.5 Å². The van der Waals surface area contributed by atoms with E-state index < -0.39 is 0 Å². The lowest BCUT2D eigenvalue weighted by Gasteiger charge is -2.13. The van der Waals surface area contributed by atoms with Crippen LogP contribution >= 0.6 is 0 Å². The van der Waals surface area contributed by atoms with Gasteiger partial charge in [0.1, 0.15) is 17.9 Å². The van der Waals surface area contributed by atoms with Gasteiger partial charge in [-0.15, -0.1) is 0 Å². The number of nitrogen functional groups attached to an aromatic ring is 1. The van der Waals surface area contributed by atoms with Crippen LogP contribution in [-0.4, -0.2) is 39.4 Å². The van der Waals surface area contributed by atoms with Crippen molar-refractivity contribution in [3.8, 4) is 22.8 Å². The molecule has 4 N–H and O–H groups in total. The zero-order valence-corrected chi connectivity index (χ0v) is 18.5. The van der Waals surface area contributed by atoms with Gasteiger partial charge in [-0.3, -0.25) is 4.79 Å². The summed E-state index contributed by atoms with van der Waals surface area (Å²) in [5.74, 6) is 1.33. The van der Waals surface area contributed by atoms with E-state index in [9.17, 15) is 4.79 Å². The third-order valence-electron chi connectivity index (χ3n) is 5.62. The van der Waals surface area contributed by atoms with Gasteiger partial charge < -0.3 is 20.9 Å². The number of nitrogens with zero attached hydrogens (tertiary/aromatic N) is 4. The fourth-order valence-corrected chi connectivity index (χ4v) is 3.81. The highest BCUT2D eigenvalue weighted by Gasteiger charge is 2.23. The molecule has 1 aromatic carbocycles. The van der Waals surface area contributed by atoms with E-state index in [1.54, 1.807) is 7.05 Å². The maximum absolute atomic E-state index is 12.4. The van der Waals surface area contributed by atoms with Gasteiger partial charge in [0, 0.05) is 19.2 Å². The number of aryl methyl sites for hydroxylation is 1. The third kappa shape index (κ3) is 4.82. The summed E-state index contributed by atoms with van der Waals surface area (Å²) >= 11 is 0. The molecule has 0 saturated carbocycles. The molecule has 0 fully saturated rings. The SMILES string of the molecule is CNc1nn(CC(=O)NCCC2=CCCCC2)c(N)c1-c1nc(-c2ccc(C)cc2)no1. The molecule has 0 spiro atoms. The third-order valence-corrected chi connectivity index (χ3v) is 5.62. The lowest BCUT2D eigenvalue weighted by molar-refractivity contribution is -0.121. The number of nitrogens with two attached hydrogens (primary N) is 1. The van der Waals surface area contributed by atoms with E-state index >= 15 is 0 Å². The molecule has 4 rings (SSSR count). The second-order valence-electron chi connectivity index (χ2n) is 8.01. The molecule has 0 bridgehead atoms. The second kappa shape index (κ2) is 9.67. The van der Waals surface area contributed by atoms with Gasteiger partial charge in [0.25, 0.3) is 5.89 Å². The van der Waals surface area contributed by atoms with Crippen LogP contribution in [0.4, 0.5) is 11.6 Å². The number of hydrogen-bond acceptors (Lipinski definition) is 7. The van der Waals surface area contributed by atoms with E-state index in [4.69, 9.17) is 10.3 Å². The van der Waals surface area contributed by atoms with Crippen LogP contribution in [0, 0.1) is 6.92 Å². The number of aromatic nitrogens is 4. The van der Waals surface area contributed by atoms with Gasteiger partial charge in [0.2, 0.25) is 11.7 Å². The van der Waals surface area contributed by atoms with Crippen molar-refractivity contribution in [2.45, 2.75) is 45.6 Å². The van der Waals surface area contributed by atoms with Crippen molar-refractivity contribution in [1.29, 1.82) is 0 Å². The van der Waals surface area contributed by atoms with Gasteiger partial charge in [0.05, 0.1) is 0 Å². The summed E-state index contributed by atoms with van der Waals surface area (Å²) in [5.41, 5.74) is 10.2. The molecule has 0 aliphatic heterocycles. The Morgan fingerprint density at radius 2 is 2.06 bits per heavy atom. The number of allylic oxidation sites excluding steroid dienone is 1. The number of carbonyl (C=O) groups excluding carboxylic acids is 1. The van der Waals surface area contributed by atoms with E-state index in [0.29, 0.717) is 29.6 Å². The Bertz CT molecular complexity index is 1110. The summed E-state index contributed by atoms with van der Waals surface area (Å²) in [6.07, 6.45) is 7.95. The molecule has 0 atom stereocenters. The predicted octanol–water partition coefficient (Wildman–Crippen LogP) is 3.54. The Balaban J connectivity index is 1.45. The van der Waals surface area contributed by atoms with Crippen LogP contribution in [0.1, 0.15) is 37.7 Å². The Morgan fingerprint density at radius 1 is 1.25 bits per heavy atom. The van der Waals surface area contributed by atoms with Crippen molar-refractivity contribution in [2.24, 2.45) is 0 Å². The molecule has 0 saturated heterocycles. The predicted molar refractivity (Wildman–Crippen MR) is 124 cm³/mol. The number of hydrogen-bond donors (Lipinski definition) is 3. The van der Waals surface area contributed by atoms with Crippen molar-refractivity contribution in [1.82, 2.24) is 25.2 Å². The Kier molecular flexibility index (Phi) is 6.53. The van der Waals surface area contributed by atoms with Gasteiger partial charge in [-0.05, 0) is 39.0 Å². The molecule has 9 heteroatoms. The number of anilines is 2. The van der Waals surface area contributed by atoms with Gasteiger partial charge in [0.15, 0.2) is 5.82 Å². The smallest absolute Gasteiger partial charge is 0.265 e. The van der Waals surface area contributed by atoms with Crippen LogP contribution in [-0.2, 0) is 11.3 Å². The van der Waals surface area contributed by atoms with E-state index in [2.05, 4.69) is 31.9 Å². The molecule has 0 radical (unpaired) electrons. The van der Waals surface area contributed by atoms with Crippen molar-refractivity contribution < 1.29 is 9.32 Å². The number of benzene rings is 1. The van der Waals surface area contributed by atoms with Gasteiger partial charge >= 0.3 is 0 Å². The topological polar surface area (TPSA) is 124 Å². The normalized spacial score (nSPS) is 13.6. The summed E-state index contributed by atoms with van der Waals surface area (Å²) in [4.78, 5) is 16.9. The molecule has 9 nitrogen and oxygen atoms in total. The summed E-state index contributed by atoms with van der Waals surface area (Å²) in [5, 5.41) is 14.4. The molecule has 32 heavy (non-hydrogen) atoms. The molecule has 1 aliphatic rings. The summed E-state index contributed by atoms with van der Waals surface area (Å²) in [6.45, 7) is 2.64. The summed E-state index contributed by atoms with van der Waals surface area (Å²) in [6, 6.07) is 7.84. The van der Waals surface area contributed by atoms with Crippen molar-refractivity contribution in [2.75, 3.05) is 24.6 Å². The van der Waals surface area contributed by atoms with Crippen LogP contribution in [0.3, 0.4) is 0 Å². The van der Waals surface area contributed by atoms with Gasteiger partial charge in [-0.1, -0.05) is 46.6 Å². The highest BCUT2D eigenvalue weighted by Crippen LogP contribution is 2.33. The van der Waals surface area contributed by atoms with Crippen LogP contribution < -0.4 is 16.4 Å². The quantitative estimate of drug-likeness (QED) is 0.462. The Labute approximate surface area is 187 Å². The highest BCUT2D eigenvalue weighted by atomic mass is 16.5. The number of amides is 1. The molecule has 2 aromatic heterocycles. The first kappa shape index (κ1) is 21.6. The largest absolute Gasteiger partial charge is 0.383 e. The number of rotatable bonds is 8. The molecule has 2 heterocycles. The summed E-state index contributed by atoms with van der Waals surface area (Å²) < 4.78 is 6.92. The Morgan fingerprint density at radius 3 is 2.78 bits per heavy atom. The first-order valence-corrected chi connectivity index (χ1v) is 10.9. The van der Waals surface area contributed by atoms with Crippen LogP contribution in [0.5, 0.6) is 0 Å². The molecular formula is C23H29N7O2. The van der Waals surface area contributed by atoms with Gasteiger partial charge in [-0.2, -0.15) is 10.1 Å². The standard InChI is InChI=1S/C23H29N7O2/c1-15-8-10-17(11-9-15)21-27-23(32-29-21)19-20(24)30(28-22(19)25-2)14-18(31)26-13-12-16-6-4-3-5-7-16/h6,8-11H,3-5,7,12-14,24H2,1-2H3,(H,25,28)(H,26,31). The molecule has 0 unspecified atom stereocenters. The van der Waals surface area contributed by atoms with Crippen molar-refractivity contribution >= 4 is 17.5 Å². The monoisotopic (exact) mass is 435 g/mol. The van der Waals surface area contributed by atoms with Crippen LogP contribution in [0.2, 0.25) is 0 Å². The summed E-state index contributed by atoms with van der Waals surface area (Å²) in [7, 11) is 1.73. The fourth-order valence-electron chi connectivity index (χ4n) is 3.81. The molecular weight excluding hydrogens is 406 g/mol. The number of carbonyl (C=O) groups is 1. The fraction of sp³-hybridized carbons (Fsp3) is 0.391. The molecule has 3 aromatic rings. The first-order chi connectivity index (χ1) is 15.5. The molecule has 1 amide bonds. The number of nitrogens with one attached hydrogen (secondary N) is 2. The minimum atomic E-state index is -0.143. The zero-order chi connectivity index (χ0) is 22.5. The van der Waals surface area contributed by atoms with E-state index in [1.165, 1.54) is 23.1 Å². The maximum Gasteiger partial charge on any atom is 0.265 e. The minimum absolute atomic E-state index is 0.0124. The first-order valence-electron chi connectivity index (χ1n) is 10.9. The second-order valence-corrected chi connectivity index (χ2v) is 8.01. The van der Waals surface area contributed by atoms with Crippen LogP contribution in [0.15, 0.2) is 40.4 Å². The average molecular weight is 436 g/mol. The molecule has 1 aliphatic carbocycles. The zero-order valence-electron chi connectivity index (χ0n) is 18.5. The van der Waals surface area contributed by atoms with E-state index in [0.717, 1.165) is 30.4 Å². The molecule has 168 valence electrons. The minimum Gasteiger partial charge on any atom is -0.383 e. The van der Waals surface area contributed by atoms with E-state index in [-0.39, 0.29) is 18.3 Å². The van der Waals surface area contributed by atoms with Gasteiger partial charge in [-0.25, -0.2) is 4.68 Å². The van der Waals surface area contributed by atoms with Crippen LogP contribution in [0.25, 0.3) is 22.8 Å². The lowest BCUT2D eigenvalue weighted by Crippen LogP contribution is -2.29. The van der Waals surface area contributed by atoms with E-state index in [1.807, 2.05) is 31.2 Å². The maximum atomic E-state index is 12.4. The Hall–Kier alpha value is -3.62. The average Bonchev–Trinajstić information content (AvgIpc) is 3.40. The highest BCUT2D eigenvalue weighted by molar-refractivity contribution is 5.82. The lowest BCUT2D eigenvalue weighted by atomic mass is 9.97.